The first-order valence-electron chi connectivity index (χ1n) is 8.71. The minimum atomic E-state index is 0.0208. The average Bonchev–Trinajstić information content (AvgIpc) is 3.22. The molecule has 0 aliphatic carbocycles. The Bertz CT molecular complexity index is 840. The van der Waals surface area contributed by atoms with Gasteiger partial charge in [0.1, 0.15) is 5.82 Å². The number of nitrogens with zero attached hydrogens (tertiary/aromatic N) is 3. The highest BCUT2D eigenvalue weighted by molar-refractivity contribution is 5.75. The van der Waals surface area contributed by atoms with Gasteiger partial charge in [0.15, 0.2) is 0 Å². The molecule has 0 atom stereocenters. The minimum absolute atomic E-state index is 0.0208. The molecule has 1 saturated heterocycles. The molecule has 1 aromatic carbocycles. The molecule has 1 aliphatic rings. The van der Waals surface area contributed by atoms with Crippen molar-refractivity contribution in [3.63, 3.8) is 0 Å². The van der Waals surface area contributed by atoms with Crippen molar-refractivity contribution < 1.29 is 0 Å². The monoisotopic (exact) mass is 325 g/mol. The van der Waals surface area contributed by atoms with Gasteiger partial charge in [0, 0.05) is 37.9 Å². The first-order valence-corrected chi connectivity index (χ1v) is 8.71. The standard InChI is InChI=1S/C18H23N5O/c24-18-21-15-4-1-2-5-16(15)23(18)14-7-12-22(13-8-14)11-3-6-17-19-9-10-20-17/h1-2,4-5,9-10,14H,3,6-8,11-13H2,(H,19,20)(H,21,24). The van der Waals surface area contributed by atoms with Crippen molar-refractivity contribution in [2.75, 3.05) is 19.6 Å². The fraction of sp³-hybridized carbons (Fsp3) is 0.444. The Morgan fingerprint density at radius 1 is 1.21 bits per heavy atom. The van der Waals surface area contributed by atoms with Crippen LogP contribution in [0.3, 0.4) is 0 Å². The van der Waals surface area contributed by atoms with Gasteiger partial charge < -0.3 is 14.9 Å². The number of nitrogens with one attached hydrogen (secondary N) is 2. The van der Waals surface area contributed by atoms with Gasteiger partial charge in [0.2, 0.25) is 0 Å². The number of aromatic amines is 2. The Hall–Kier alpha value is -2.34. The third-order valence-electron chi connectivity index (χ3n) is 4.99. The molecule has 0 amide bonds. The van der Waals surface area contributed by atoms with Gasteiger partial charge in [0.25, 0.3) is 0 Å². The predicted molar refractivity (Wildman–Crippen MR) is 94.2 cm³/mol. The van der Waals surface area contributed by atoms with E-state index >= 15 is 0 Å². The Morgan fingerprint density at radius 2 is 2.04 bits per heavy atom. The second-order valence-electron chi connectivity index (χ2n) is 6.53. The molecule has 2 aromatic heterocycles. The fourth-order valence-electron chi connectivity index (χ4n) is 3.74. The number of imidazole rings is 2. The van der Waals surface area contributed by atoms with Gasteiger partial charge in [-0.2, -0.15) is 0 Å². The summed E-state index contributed by atoms with van der Waals surface area (Å²) in [6, 6.07) is 8.26. The van der Waals surface area contributed by atoms with Gasteiger partial charge in [-0.3, -0.25) is 4.57 Å². The molecule has 4 rings (SSSR count). The highest BCUT2D eigenvalue weighted by atomic mass is 16.1. The molecule has 3 heterocycles. The van der Waals surface area contributed by atoms with Gasteiger partial charge in [-0.05, 0) is 37.9 Å². The van der Waals surface area contributed by atoms with Crippen molar-refractivity contribution in [1.29, 1.82) is 0 Å². The van der Waals surface area contributed by atoms with Gasteiger partial charge >= 0.3 is 5.69 Å². The predicted octanol–water partition coefficient (Wildman–Crippen LogP) is 2.32. The Kier molecular flexibility index (Phi) is 4.21. The molecule has 0 bridgehead atoms. The van der Waals surface area contributed by atoms with Crippen LogP contribution in [-0.4, -0.2) is 44.1 Å². The van der Waals surface area contributed by atoms with Crippen LogP contribution in [0.2, 0.25) is 0 Å². The average molecular weight is 325 g/mol. The maximum Gasteiger partial charge on any atom is 0.326 e. The quantitative estimate of drug-likeness (QED) is 0.756. The molecule has 6 heteroatoms. The van der Waals surface area contributed by atoms with Crippen LogP contribution in [-0.2, 0) is 6.42 Å². The molecule has 0 spiro atoms. The van der Waals surface area contributed by atoms with Crippen LogP contribution in [0, 0.1) is 0 Å². The molecule has 3 aromatic rings. The van der Waals surface area contributed by atoms with Crippen molar-refractivity contribution in [3.8, 4) is 0 Å². The molecule has 126 valence electrons. The molecular weight excluding hydrogens is 302 g/mol. The third kappa shape index (κ3) is 3.01. The number of likely N-dealkylation sites (tertiary alicyclic amines) is 1. The van der Waals surface area contributed by atoms with Crippen molar-refractivity contribution in [2.45, 2.75) is 31.7 Å². The zero-order chi connectivity index (χ0) is 16.4. The summed E-state index contributed by atoms with van der Waals surface area (Å²) in [6.07, 6.45) is 7.85. The lowest BCUT2D eigenvalue weighted by Crippen LogP contribution is -2.37. The Balaban J connectivity index is 1.35. The zero-order valence-electron chi connectivity index (χ0n) is 13.7. The van der Waals surface area contributed by atoms with E-state index < -0.39 is 0 Å². The maximum absolute atomic E-state index is 12.3. The number of piperidine rings is 1. The topological polar surface area (TPSA) is 69.7 Å². The van der Waals surface area contributed by atoms with Crippen molar-refractivity contribution in [1.82, 2.24) is 24.4 Å². The molecule has 1 fully saturated rings. The number of aromatic nitrogens is 4. The van der Waals surface area contributed by atoms with E-state index in [0.29, 0.717) is 6.04 Å². The molecule has 0 unspecified atom stereocenters. The number of benzene rings is 1. The summed E-state index contributed by atoms with van der Waals surface area (Å²) < 4.78 is 1.95. The highest BCUT2D eigenvalue weighted by Gasteiger charge is 2.23. The van der Waals surface area contributed by atoms with Gasteiger partial charge in [-0.15, -0.1) is 0 Å². The number of hydrogen-bond acceptors (Lipinski definition) is 3. The maximum atomic E-state index is 12.3. The van der Waals surface area contributed by atoms with Crippen LogP contribution in [0.4, 0.5) is 0 Å². The van der Waals surface area contributed by atoms with Crippen LogP contribution in [0.15, 0.2) is 41.5 Å². The van der Waals surface area contributed by atoms with E-state index in [4.69, 9.17) is 0 Å². The van der Waals surface area contributed by atoms with Crippen LogP contribution >= 0.6 is 0 Å². The second kappa shape index (κ2) is 6.65. The molecular formula is C18H23N5O. The Morgan fingerprint density at radius 3 is 2.83 bits per heavy atom. The summed E-state index contributed by atoms with van der Waals surface area (Å²) in [6.45, 7) is 3.19. The van der Waals surface area contributed by atoms with Crippen LogP contribution in [0.1, 0.15) is 31.1 Å². The molecule has 24 heavy (non-hydrogen) atoms. The lowest BCUT2D eigenvalue weighted by Gasteiger charge is -2.32. The largest absolute Gasteiger partial charge is 0.349 e. The highest BCUT2D eigenvalue weighted by Crippen LogP contribution is 2.24. The number of fused-ring (bicyclic) bond motifs is 1. The lowest BCUT2D eigenvalue weighted by molar-refractivity contribution is 0.185. The third-order valence-corrected chi connectivity index (χ3v) is 4.99. The number of hydrogen-bond donors (Lipinski definition) is 2. The normalized spacial score (nSPS) is 16.8. The van der Waals surface area contributed by atoms with E-state index in [1.807, 2.05) is 35.0 Å². The second-order valence-corrected chi connectivity index (χ2v) is 6.53. The first kappa shape index (κ1) is 15.2. The first-order chi connectivity index (χ1) is 11.8. The van der Waals surface area contributed by atoms with E-state index in [1.165, 1.54) is 0 Å². The molecule has 0 saturated carbocycles. The number of aryl methyl sites for hydroxylation is 1. The summed E-state index contributed by atoms with van der Waals surface area (Å²) in [7, 11) is 0. The lowest BCUT2D eigenvalue weighted by atomic mass is 10.0. The number of rotatable bonds is 5. The summed E-state index contributed by atoms with van der Waals surface area (Å²) in [4.78, 5) is 25.2. The summed E-state index contributed by atoms with van der Waals surface area (Å²) in [5, 5.41) is 0. The molecule has 1 aliphatic heterocycles. The summed E-state index contributed by atoms with van der Waals surface area (Å²) >= 11 is 0. The zero-order valence-corrected chi connectivity index (χ0v) is 13.7. The van der Waals surface area contributed by atoms with Gasteiger partial charge in [0.05, 0.1) is 11.0 Å². The smallest absolute Gasteiger partial charge is 0.326 e. The van der Waals surface area contributed by atoms with Gasteiger partial charge in [-0.25, -0.2) is 9.78 Å². The Labute approximate surface area is 140 Å². The SMILES string of the molecule is O=c1[nH]c2ccccc2n1C1CCN(CCCc2ncc[nH]2)CC1. The van der Waals surface area contributed by atoms with Crippen LogP contribution < -0.4 is 5.69 Å². The van der Waals surface area contributed by atoms with Crippen molar-refractivity contribution in [3.05, 3.63) is 53.0 Å². The van der Waals surface area contributed by atoms with E-state index in [9.17, 15) is 4.79 Å². The van der Waals surface area contributed by atoms with Crippen molar-refractivity contribution in [2.24, 2.45) is 0 Å². The summed E-state index contributed by atoms with van der Waals surface area (Å²) in [5.41, 5.74) is 1.98. The fourth-order valence-corrected chi connectivity index (χ4v) is 3.74. The van der Waals surface area contributed by atoms with E-state index in [-0.39, 0.29) is 5.69 Å². The van der Waals surface area contributed by atoms with E-state index in [2.05, 4.69) is 19.9 Å². The minimum Gasteiger partial charge on any atom is -0.349 e. The molecule has 6 nitrogen and oxygen atoms in total. The number of H-pyrrole nitrogens is 2. The molecule has 2 N–H and O–H groups in total. The van der Waals surface area contributed by atoms with E-state index in [0.717, 1.165) is 62.2 Å². The van der Waals surface area contributed by atoms with Gasteiger partial charge in [-0.1, -0.05) is 12.1 Å². The summed E-state index contributed by atoms with van der Waals surface area (Å²) in [5.74, 6) is 1.07. The van der Waals surface area contributed by atoms with Crippen LogP contribution in [0.25, 0.3) is 11.0 Å². The molecule has 0 radical (unpaired) electrons. The van der Waals surface area contributed by atoms with Crippen molar-refractivity contribution >= 4 is 11.0 Å². The van der Waals surface area contributed by atoms with Crippen LogP contribution in [0.5, 0.6) is 0 Å². The number of para-hydroxylation sites is 2. The van der Waals surface area contributed by atoms with E-state index in [1.54, 1.807) is 6.20 Å².